The lowest BCUT2D eigenvalue weighted by atomic mass is 9.52. The van der Waals surface area contributed by atoms with Crippen molar-refractivity contribution in [3.8, 4) is 0 Å². The summed E-state index contributed by atoms with van der Waals surface area (Å²) in [6, 6.07) is 0. The summed E-state index contributed by atoms with van der Waals surface area (Å²) >= 11 is 0. The third-order valence-electron chi connectivity index (χ3n) is 9.64. The molecule has 0 bridgehead atoms. The molecule has 3 fully saturated rings. The molecule has 0 unspecified atom stereocenters. The highest BCUT2D eigenvalue weighted by Crippen LogP contribution is 2.65. The number of aliphatic hydroxyl groups is 2. The minimum Gasteiger partial charge on any atom is -0.462 e. The molecule has 4 aliphatic rings. The van der Waals surface area contributed by atoms with Gasteiger partial charge in [0.15, 0.2) is 29.5 Å². The van der Waals surface area contributed by atoms with Gasteiger partial charge in [0.1, 0.15) is 18.3 Å². The van der Waals surface area contributed by atoms with Crippen LogP contribution in [0.3, 0.4) is 0 Å². The number of hydrogen-bond donors (Lipinski definition) is 2. The van der Waals surface area contributed by atoms with E-state index < -0.39 is 101 Å². The van der Waals surface area contributed by atoms with Crippen molar-refractivity contribution in [1.29, 1.82) is 0 Å². The maximum absolute atomic E-state index is 13.2. The number of fused-ring (bicyclic) bond motifs is 1. The number of rotatable bonds is 6. The Hall–Kier alpha value is -3.03. The number of hydrogen-bond acceptors (Lipinski definition) is 13. The maximum atomic E-state index is 13.2. The van der Waals surface area contributed by atoms with Gasteiger partial charge in [-0.3, -0.25) is 19.2 Å². The Morgan fingerprint density at radius 3 is 2.14 bits per heavy atom. The fourth-order valence-electron chi connectivity index (χ4n) is 7.48. The zero-order valence-electron chi connectivity index (χ0n) is 25.8. The van der Waals surface area contributed by atoms with Crippen LogP contribution < -0.4 is 0 Å². The van der Waals surface area contributed by atoms with Crippen molar-refractivity contribution >= 4 is 29.8 Å². The second kappa shape index (κ2) is 11.5. The van der Waals surface area contributed by atoms with Crippen LogP contribution in [-0.2, 0) is 52.4 Å². The Labute approximate surface area is 250 Å². The highest BCUT2D eigenvalue weighted by atomic mass is 16.7. The molecule has 0 radical (unpaired) electrons. The zero-order chi connectivity index (χ0) is 32.2. The first-order chi connectivity index (χ1) is 19.9. The van der Waals surface area contributed by atoms with E-state index in [1.54, 1.807) is 27.7 Å². The number of carbonyl (C=O) groups is 5. The quantitative estimate of drug-likeness (QED) is 0.190. The Bertz CT molecular complexity index is 1210. The second-order valence-corrected chi connectivity index (χ2v) is 12.5. The van der Waals surface area contributed by atoms with Gasteiger partial charge in [-0.2, -0.15) is 0 Å². The van der Waals surface area contributed by atoms with E-state index in [-0.39, 0.29) is 18.4 Å². The zero-order valence-corrected chi connectivity index (χ0v) is 25.8. The van der Waals surface area contributed by atoms with Crippen LogP contribution in [0, 0.1) is 17.3 Å². The largest absolute Gasteiger partial charge is 0.462 e. The van der Waals surface area contributed by atoms with Gasteiger partial charge in [-0.25, -0.2) is 4.79 Å². The van der Waals surface area contributed by atoms with Crippen LogP contribution in [0.1, 0.15) is 74.7 Å². The van der Waals surface area contributed by atoms with Crippen molar-refractivity contribution in [2.75, 3.05) is 0 Å². The summed E-state index contributed by atoms with van der Waals surface area (Å²) < 4.78 is 35.1. The van der Waals surface area contributed by atoms with Gasteiger partial charge in [-0.15, -0.1) is 0 Å². The molecular weight excluding hydrogens is 568 g/mol. The molecule has 1 spiro atoms. The number of ether oxygens (including phenoxy) is 6. The standard InChI is InChI=1S/C30H42O13/c1-9-10-21(35)42-23-13(2)11-20-30(29(8,43-30)27(37)41-20)26(40-17(6)33)22-14(3)18(34)12-19(38-15(4)31)28(22,7)25(36)24(23)39-16(5)32/h11,14,18-20,22-26,34,36H,9-10,12H2,1-8H3/b13-11-/t14-,18-,19-,20-,22+,23+,24-,25-,26-,28-,29-,30-/m1/s1. The van der Waals surface area contributed by atoms with E-state index in [1.165, 1.54) is 26.8 Å². The first-order valence-electron chi connectivity index (χ1n) is 14.6. The predicted octanol–water partition coefficient (Wildman–Crippen LogP) is 1.29. The molecule has 43 heavy (non-hydrogen) atoms. The maximum Gasteiger partial charge on any atom is 0.342 e. The van der Waals surface area contributed by atoms with Gasteiger partial charge in [0.05, 0.1) is 6.10 Å². The average molecular weight is 611 g/mol. The van der Waals surface area contributed by atoms with Crippen LogP contribution >= 0.6 is 0 Å². The van der Waals surface area contributed by atoms with Crippen molar-refractivity contribution in [1.82, 2.24) is 0 Å². The molecule has 12 atom stereocenters. The first kappa shape index (κ1) is 32.9. The topological polar surface area (TPSA) is 184 Å². The smallest absolute Gasteiger partial charge is 0.342 e. The Morgan fingerprint density at radius 1 is 1.00 bits per heavy atom. The lowest BCUT2D eigenvalue weighted by Crippen LogP contribution is -2.68. The van der Waals surface area contributed by atoms with E-state index in [0.717, 1.165) is 6.92 Å². The van der Waals surface area contributed by atoms with Crippen molar-refractivity contribution in [3.05, 3.63) is 11.6 Å². The van der Waals surface area contributed by atoms with Crippen LogP contribution in [0.15, 0.2) is 11.6 Å². The third kappa shape index (κ3) is 5.22. The molecule has 2 N–H and O–H groups in total. The molecule has 13 nitrogen and oxygen atoms in total. The lowest BCUT2D eigenvalue weighted by Gasteiger charge is -2.57. The molecule has 0 amide bonds. The fraction of sp³-hybridized carbons (Fsp3) is 0.767. The molecule has 4 rings (SSSR count). The highest BCUT2D eigenvalue weighted by molar-refractivity contribution is 5.89. The van der Waals surface area contributed by atoms with E-state index in [9.17, 15) is 34.2 Å². The lowest BCUT2D eigenvalue weighted by molar-refractivity contribution is -0.246. The number of aliphatic hydroxyl groups excluding tert-OH is 2. The monoisotopic (exact) mass is 610 g/mol. The predicted molar refractivity (Wildman–Crippen MR) is 145 cm³/mol. The first-order valence-corrected chi connectivity index (χ1v) is 14.6. The summed E-state index contributed by atoms with van der Waals surface area (Å²) in [6.45, 7) is 11.6. The van der Waals surface area contributed by atoms with Crippen molar-refractivity contribution in [2.45, 2.75) is 129 Å². The number of epoxide rings is 1. The van der Waals surface area contributed by atoms with Crippen LogP contribution in [-0.4, -0.2) is 94.0 Å². The molecule has 2 heterocycles. The molecule has 2 saturated heterocycles. The summed E-state index contributed by atoms with van der Waals surface area (Å²) in [6.07, 6.45) is -7.59. The van der Waals surface area contributed by atoms with Gasteiger partial charge in [-0.1, -0.05) is 20.8 Å². The van der Waals surface area contributed by atoms with E-state index in [0.29, 0.717) is 6.42 Å². The minimum atomic E-state index is -1.72. The van der Waals surface area contributed by atoms with Crippen LogP contribution in [0.4, 0.5) is 0 Å². The van der Waals surface area contributed by atoms with Gasteiger partial charge in [0, 0.05) is 44.9 Å². The number of carbonyl (C=O) groups excluding carboxylic acids is 5. The van der Waals surface area contributed by atoms with E-state index in [4.69, 9.17) is 28.4 Å². The summed E-state index contributed by atoms with van der Waals surface area (Å²) in [4.78, 5) is 63.6. The minimum absolute atomic E-state index is 0.0317. The van der Waals surface area contributed by atoms with Gasteiger partial charge in [0.2, 0.25) is 0 Å². The molecule has 2 aliphatic carbocycles. The van der Waals surface area contributed by atoms with Gasteiger partial charge in [0.25, 0.3) is 0 Å². The van der Waals surface area contributed by atoms with Crippen molar-refractivity contribution in [2.24, 2.45) is 17.3 Å². The summed E-state index contributed by atoms with van der Waals surface area (Å²) in [5.74, 6) is -5.42. The molecule has 13 heteroatoms. The highest BCUT2D eigenvalue weighted by Gasteiger charge is 2.87. The van der Waals surface area contributed by atoms with Crippen LogP contribution in [0.2, 0.25) is 0 Å². The average Bonchev–Trinajstić information content (AvgIpc) is 3.48. The van der Waals surface area contributed by atoms with Crippen molar-refractivity contribution in [3.63, 3.8) is 0 Å². The Morgan fingerprint density at radius 2 is 1.60 bits per heavy atom. The second-order valence-electron chi connectivity index (χ2n) is 12.5. The summed E-state index contributed by atoms with van der Waals surface area (Å²) in [5.41, 5.74) is -4.55. The molecule has 1 saturated carbocycles. The SMILES string of the molecule is CCCC(=O)O[C@H]1/C(C)=C\[C@H]2OC(=O)[C@@]3(C)O[C@@]23[C@H](OC(C)=O)[C@@H]2[C@H](C)[C@H](O)C[C@@H](OC(C)=O)[C@@]2(C)[C@H](O)[C@@H]1OC(C)=O. The Kier molecular flexibility index (Phi) is 8.77. The number of esters is 5. The fourth-order valence-corrected chi connectivity index (χ4v) is 7.48. The van der Waals surface area contributed by atoms with Crippen LogP contribution in [0.5, 0.6) is 0 Å². The normalized spacial score (nSPS) is 44.7. The van der Waals surface area contributed by atoms with Gasteiger partial charge in [-0.05, 0) is 37.8 Å². The molecule has 240 valence electrons. The van der Waals surface area contributed by atoms with Crippen LogP contribution in [0.25, 0.3) is 0 Å². The molecule has 2 aliphatic heterocycles. The van der Waals surface area contributed by atoms with E-state index >= 15 is 0 Å². The Balaban J connectivity index is 2.06. The molecule has 0 aromatic carbocycles. The molecule has 0 aromatic heterocycles. The molecule has 0 aromatic rings. The van der Waals surface area contributed by atoms with Crippen molar-refractivity contribution < 1.29 is 62.6 Å². The summed E-state index contributed by atoms with van der Waals surface area (Å²) in [5, 5.41) is 23.6. The molecular formula is C30H42O13. The van der Waals surface area contributed by atoms with E-state index in [1.807, 2.05) is 0 Å². The van der Waals surface area contributed by atoms with Gasteiger partial charge >= 0.3 is 29.8 Å². The summed E-state index contributed by atoms with van der Waals surface area (Å²) in [7, 11) is 0. The van der Waals surface area contributed by atoms with Gasteiger partial charge < -0.3 is 38.6 Å². The van der Waals surface area contributed by atoms with E-state index in [2.05, 4.69) is 0 Å². The third-order valence-corrected chi connectivity index (χ3v) is 9.64.